The highest BCUT2D eigenvalue weighted by molar-refractivity contribution is 7.99. The third-order valence-electron chi connectivity index (χ3n) is 5.08. The van der Waals surface area contributed by atoms with Crippen LogP contribution >= 0.6 is 11.8 Å². The normalized spacial score (nSPS) is 12.8. The van der Waals surface area contributed by atoms with Gasteiger partial charge in [-0.2, -0.15) is 0 Å². The molecule has 3 aromatic rings. The van der Waals surface area contributed by atoms with Crippen molar-refractivity contribution in [2.75, 3.05) is 16.4 Å². The van der Waals surface area contributed by atoms with E-state index in [-0.39, 0.29) is 24.0 Å². The Morgan fingerprint density at radius 2 is 1.73 bits per heavy atom. The third kappa shape index (κ3) is 5.98. The number of carbonyl (C=O) groups excluding carboxylic acids is 3. The van der Waals surface area contributed by atoms with Crippen LogP contribution in [0.1, 0.15) is 41.4 Å². The first-order valence-corrected chi connectivity index (χ1v) is 11.6. The molecular weight excluding hydrogens is 440 g/mol. The smallest absolute Gasteiger partial charge is 0.257 e. The van der Waals surface area contributed by atoms with Crippen molar-refractivity contribution in [2.24, 2.45) is 5.73 Å². The standard InChI is InChI=1S/C23H24N6O3S/c24-19(30)12-13-29-21(15-10-11-15)27-28-23(29)33-14-20(31)26-18-9-5-4-8-17(18)22(32)25-16-6-2-1-3-7-16/h1-9,15H,10-14H2,(H2,24,30)(H,25,32)(H,26,31). The Labute approximate surface area is 195 Å². The fraction of sp³-hybridized carbons (Fsp3) is 0.261. The van der Waals surface area contributed by atoms with E-state index in [1.54, 1.807) is 36.4 Å². The van der Waals surface area contributed by atoms with Crippen molar-refractivity contribution in [1.29, 1.82) is 0 Å². The Bertz CT molecular complexity index is 1160. The Hall–Kier alpha value is -3.66. The van der Waals surface area contributed by atoms with E-state index in [9.17, 15) is 14.4 Å². The Balaban J connectivity index is 1.40. The molecule has 0 atom stereocenters. The zero-order valence-corrected chi connectivity index (χ0v) is 18.7. The number of carbonyl (C=O) groups is 3. The zero-order valence-electron chi connectivity index (χ0n) is 17.9. The summed E-state index contributed by atoms with van der Waals surface area (Å²) >= 11 is 1.23. The summed E-state index contributed by atoms with van der Waals surface area (Å²) in [6.07, 6.45) is 2.27. The lowest BCUT2D eigenvalue weighted by Gasteiger charge is -2.12. The largest absolute Gasteiger partial charge is 0.370 e. The highest BCUT2D eigenvalue weighted by Gasteiger charge is 2.30. The molecule has 2 aromatic carbocycles. The molecule has 3 amide bonds. The number of primary amides is 1. The van der Waals surface area contributed by atoms with Gasteiger partial charge in [0.2, 0.25) is 11.8 Å². The minimum atomic E-state index is -0.399. The van der Waals surface area contributed by atoms with E-state index in [4.69, 9.17) is 5.73 Å². The van der Waals surface area contributed by atoms with E-state index in [0.29, 0.717) is 34.6 Å². The van der Waals surface area contributed by atoms with E-state index < -0.39 is 5.91 Å². The van der Waals surface area contributed by atoms with Gasteiger partial charge in [0.15, 0.2) is 5.16 Å². The van der Waals surface area contributed by atoms with Crippen molar-refractivity contribution in [3.63, 3.8) is 0 Å². The van der Waals surface area contributed by atoms with Crippen LogP contribution in [0.4, 0.5) is 11.4 Å². The molecule has 1 aliphatic carbocycles. The van der Waals surface area contributed by atoms with Crippen molar-refractivity contribution >= 4 is 40.9 Å². The second kappa shape index (κ2) is 10.3. The first-order valence-electron chi connectivity index (χ1n) is 10.6. The summed E-state index contributed by atoms with van der Waals surface area (Å²) in [5, 5.41) is 14.7. The monoisotopic (exact) mass is 464 g/mol. The lowest BCUT2D eigenvalue weighted by atomic mass is 10.1. The predicted molar refractivity (Wildman–Crippen MR) is 126 cm³/mol. The average molecular weight is 465 g/mol. The SMILES string of the molecule is NC(=O)CCn1c(SCC(=O)Nc2ccccc2C(=O)Nc2ccccc2)nnc1C1CC1. The van der Waals surface area contributed by atoms with Gasteiger partial charge in [-0.3, -0.25) is 14.4 Å². The number of thioether (sulfide) groups is 1. The maximum atomic E-state index is 12.7. The number of aromatic nitrogens is 3. The minimum Gasteiger partial charge on any atom is -0.370 e. The maximum Gasteiger partial charge on any atom is 0.257 e. The molecule has 4 N–H and O–H groups in total. The van der Waals surface area contributed by atoms with Crippen LogP contribution in [0.2, 0.25) is 0 Å². The molecule has 33 heavy (non-hydrogen) atoms. The zero-order chi connectivity index (χ0) is 23.2. The summed E-state index contributed by atoms with van der Waals surface area (Å²) in [5.41, 5.74) is 6.75. The number of nitrogens with zero attached hydrogens (tertiary/aromatic N) is 3. The van der Waals surface area contributed by atoms with Crippen molar-refractivity contribution in [2.45, 2.75) is 36.9 Å². The van der Waals surface area contributed by atoms with Crippen LogP contribution in [0.15, 0.2) is 59.8 Å². The number of para-hydroxylation sites is 2. The van der Waals surface area contributed by atoms with Gasteiger partial charge in [0.25, 0.3) is 5.91 Å². The van der Waals surface area contributed by atoms with Gasteiger partial charge in [-0.05, 0) is 37.1 Å². The number of rotatable bonds is 10. The summed E-state index contributed by atoms with van der Waals surface area (Å²) in [5.74, 6) is 0.270. The van der Waals surface area contributed by atoms with Gasteiger partial charge in [0.05, 0.1) is 17.0 Å². The second-order valence-electron chi connectivity index (χ2n) is 7.69. The van der Waals surface area contributed by atoms with E-state index in [2.05, 4.69) is 20.8 Å². The summed E-state index contributed by atoms with van der Waals surface area (Å²) in [6.45, 7) is 0.389. The van der Waals surface area contributed by atoms with Crippen LogP contribution < -0.4 is 16.4 Å². The van der Waals surface area contributed by atoms with E-state index >= 15 is 0 Å². The lowest BCUT2D eigenvalue weighted by molar-refractivity contribution is -0.118. The molecule has 1 heterocycles. The van der Waals surface area contributed by atoms with E-state index in [1.165, 1.54) is 11.8 Å². The molecule has 0 spiro atoms. The molecule has 10 heteroatoms. The molecule has 170 valence electrons. The maximum absolute atomic E-state index is 12.7. The van der Waals surface area contributed by atoms with E-state index in [1.807, 2.05) is 22.8 Å². The van der Waals surface area contributed by atoms with Crippen LogP contribution in [0.5, 0.6) is 0 Å². The number of nitrogens with one attached hydrogen (secondary N) is 2. The van der Waals surface area contributed by atoms with Crippen molar-refractivity contribution in [1.82, 2.24) is 14.8 Å². The van der Waals surface area contributed by atoms with E-state index in [0.717, 1.165) is 18.7 Å². The lowest BCUT2D eigenvalue weighted by Crippen LogP contribution is -2.20. The van der Waals surface area contributed by atoms with Crippen LogP contribution in [-0.2, 0) is 16.1 Å². The Morgan fingerprint density at radius 3 is 2.45 bits per heavy atom. The highest BCUT2D eigenvalue weighted by Crippen LogP contribution is 2.40. The Morgan fingerprint density at radius 1 is 1.00 bits per heavy atom. The van der Waals surface area contributed by atoms with Gasteiger partial charge < -0.3 is 20.9 Å². The molecule has 1 aliphatic rings. The fourth-order valence-corrected chi connectivity index (χ4v) is 4.08. The molecule has 1 saturated carbocycles. The molecule has 4 rings (SSSR count). The van der Waals surface area contributed by atoms with Crippen LogP contribution in [-0.4, -0.2) is 38.2 Å². The van der Waals surface area contributed by atoms with Crippen molar-refractivity contribution < 1.29 is 14.4 Å². The number of nitrogens with two attached hydrogens (primary N) is 1. The topological polar surface area (TPSA) is 132 Å². The van der Waals surface area contributed by atoms with Crippen molar-refractivity contribution in [3.8, 4) is 0 Å². The number of amides is 3. The third-order valence-corrected chi connectivity index (χ3v) is 6.05. The molecule has 0 radical (unpaired) electrons. The molecule has 1 fully saturated rings. The number of hydrogen-bond donors (Lipinski definition) is 3. The average Bonchev–Trinajstić information content (AvgIpc) is 3.57. The van der Waals surface area contributed by atoms with Crippen LogP contribution in [0.25, 0.3) is 0 Å². The minimum absolute atomic E-state index is 0.0774. The number of anilines is 2. The first-order chi connectivity index (χ1) is 16.0. The second-order valence-corrected chi connectivity index (χ2v) is 8.63. The van der Waals surface area contributed by atoms with Gasteiger partial charge in [-0.15, -0.1) is 10.2 Å². The molecular formula is C23H24N6O3S. The summed E-state index contributed by atoms with van der Waals surface area (Å²) in [7, 11) is 0. The molecule has 0 aliphatic heterocycles. The Kier molecular flexibility index (Phi) is 7.04. The van der Waals surface area contributed by atoms with Gasteiger partial charge in [-0.1, -0.05) is 42.1 Å². The molecule has 0 bridgehead atoms. The molecule has 0 saturated heterocycles. The van der Waals surface area contributed by atoms with Crippen molar-refractivity contribution in [3.05, 3.63) is 66.0 Å². The fourth-order valence-electron chi connectivity index (χ4n) is 3.31. The quantitative estimate of drug-likeness (QED) is 0.395. The molecule has 0 unspecified atom stereocenters. The van der Waals surface area contributed by atoms with Crippen LogP contribution in [0.3, 0.4) is 0 Å². The van der Waals surface area contributed by atoms with Gasteiger partial charge in [0.1, 0.15) is 5.82 Å². The number of benzene rings is 2. The predicted octanol–water partition coefficient (Wildman–Crippen LogP) is 3.01. The summed E-state index contributed by atoms with van der Waals surface area (Å²) in [4.78, 5) is 36.6. The van der Waals surface area contributed by atoms with Gasteiger partial charge in [-0.25, -0.2) is 0 Å². The highest BCUT2D eigenvalue weighted by atomic mass is 32.2. The van der Waals surface area contributed by atoms with Gasteiger partial charge in [0, 0.05) is 24.6 Å². The van der Waals surface area contributed by atoms with Crippen LogP contribution in [0, 0.1) is 0 Å². The van der Waals surface area contributed by atoms with Gasteiger partial charge >= 0.3 is 0 Å². The summed E-state index contributed by atoms with van der Waals surface area (Å²) in [6, 6.07) is 15.9. The molecule has 1 aromatic heterocycles. The summed E-state index contributed by atoms with van der Waals surface area (Å²) < 4.78 is 1.88. The first kappa shape index (κ1) is 22.5. The molecule has 9 nitrogen and oxygen atoms in total. The number of hydrogen-bond acceptors (Lipinski definition) is 6.